The Bertz CT molecular complexity index is 2030. The van der Waals surface area contributed by atoms with Crippen molar-refractivity contribution in [2.45, 2.75) is 53.4 Å². The van der Waals surface area contributed by atoms with Crippen LogP contribution in [0.2, 0.25) is 0 Å². The van der Waals surface area contributed by atoms with Crippen LogP contribution in [0.3, 0.4) is 0 Å². The normalized spacial score (nSPS) is 14.5. The van der Waals surface area contributed by atoms with Crippen LogP contribution in [0.4, 0.5) is 0 Å². The molecule has 1 atom stereocenters. The molecule has 0 fully saturated rings. The number of fused-ring (bicyclic) bond motifs is 1. The highest BCUT2D eigenvalue weighted by Crippen LogP contribution is 2.37. The fourth-order valence-electron chi connectivity index (χ4n) is 5.35. The van der Waals surface area contributed by atoms with E-state index in [1.807, 2.05) is 57.2 Å². The highest BCUT2D eigenvalue weighted by atomic mass is 79.9. The molecule has 0 unspecified atom stereocenters. The van der Waals surface area contributed by atoms with E-state index in [9.17, 15) is 9.59 Å². The minimum Gasteiger partial charge on any atom is -0.493 e. The number of carbonyl (C=O) groups is 1. The first kappa shape index (κ1) is 34.0. The first-order chi connectivity index (χ1) is 22.5. The van der Waals surface area contributed by atoms with Crippen LogP contribution in [-0.2, 0) is 16.1 Å². The van der Waals surface area contributed by atoms with Crippen molar-refractivity contribution in [2.75, 3.05) is 20.8 Å². The number of aromatic nitrogens is 1. The fourth-order valence-corrected chi connectivity index (χ4v) is 6.82. The van der Waals surface area contributed by atoms with E-state index in [0.717, 1.165) is 11.1 Å². The van der Waals surface area contributed by atoms with Crippen molar-refractivity contribution in [3.05, 3.63) is 112 Å². The second-order valence-corrected chi connectivity index (χ2v) is 13.0. The predicted octanol–water partition coefficient (Wildman–Crippen LogP) is 6.25. The number of carbonyl (C=O) groups excluding carboxylic acids is 1. The zero-order chi connectivity index (χ0) is 33.8. The Morgan fingerprint density at radius 1 is 1.02 bits per heavy atom. The summed E-state index contributed by atoms with van der Waals surface area (Å²) in [6.45, 7) is 9.94. The average Bonchev–Trinajstić information content (AvgIpc) is 3.34. The van der Waals surface area contributed by atoms with Crippen molar-refractivity contribution >= 4 is 39.3 Å². The maximum atomic E-state index is 14.2. The van der Waals surface area contributed by atoms with Gasteiger partial charge in [-0.2, -0.15) is 0 Å². The van der Waals surface area contributed by atoms with Crippen molar-refractivity contribution in [3.63, 3.8) is 0 Å². The van der Waals surface area contributed by atoms with E-state index < -0.39 is 12.0 Å². The summed E-state index contributed by atoms with van der Waals surface area (Å²) in [5.74, 6) is 1.59. The number of ether oxygens (including phenoxy) is 5. The second kappa shape index (κ2) is 14.6. The Kier molecular flexibility index (Phi) is 10.6. The quantitative estimate of drug-likeness (QED) is 0.169. The molecule has 1 aliphatic heterocycles. The second-order valence-electron chi connectivity index (χ2n) is 11.2. The summed E-state index contributed by atoms with van der Waals surface area (Å²) < 4.78 is 31.4. The summed E-state index contributed by atoms with van der Waals surface area (Å²) in [6, 6.07) is 16.4. The summed E-state index contributed by atoms with van der Waals surface area (Å²) in [5.41, 5.74) is 4.01. The van der Waals surface area contributed by atoms with Crippen molar-refractivity contribution in [2.24, 2.45) is 4.99 Å². The van der Waals surface area contributed by atoms with Crippen molar-refractivity contribution < 1.29 is 28.5 Å². The van der Waals surface area contributed by atoms with Gasteiger partial charge in [0.15, 0.2) is 27.8 Å². The maximum Gasteiger partial charge on any atom is 0.338 e. The van der Waals surface area contributed by atoms with Crippen LogP contribution in [0, 0.1) is 6.92 Å². The molecule has 0 amide bonds. The molecule has 1 aliphatic rings. The number of nitrogens with zero attached hydrogens (tertiary/aromatic N) is 2. The minimum absolute atomic E-state index is 0.0728. The van der Waals surface area contributed by atoms with Crippen LogP contribution in [0.5, 0.6) is 23.0 Å². The van der Waals surface area contributed by atoms with Crippen LogP contribution < -0.4 is 33.8 Å². The lowest BCUT2D eigenvalue weighted by molar-refractivity contribution is -0.139. The van der Waals surface area contributed by atoms with E-state index in [1.165, 1.54) is 15.9 Å². The fraction of sp³-hybridized carbons (Fsp3) is 0.306. The Morgan fingerprint density at radius 2 is 1.77 bits per heavy atom. The number of rotatable bonds is 11. The van der Waals surface area contributed by atoms with Gasteiger partial charge in [-0.1, -0.05) is 63.2 Å². The van der Waals surface area contributed by atoms with E-state index in [-0.39, 0.29) is 23.8 Å². The van der Waals surface area contributed by atoms with Gasteiger partial charge in [0.25, 0.3) is 5.56 Å². The molecule has 0 saturated carbocycles. The lowest BCUT2D eigenvalue weighted by Gasteiger charge is -2.25. The number of esters is 1. The lowest BCUT2D eigenvalue weighted by Crippen LogP contribution is -2.40. The molecule has 0 saturated heterocycles. The van der Waals surface area contributed by atoms with E-state index in [4.69, 9.17) is 23.7 Å². The van der Waals surface area contributed by atoms with Gasteiger partial charge < -0.3 is 23.7 Å². The number of halogens is 1. The number of aryl methyl sites for hydroxylation is 1. The Balaban J connectivity index is 1.60. The van der Waals surface area contributed by atoms with Gasteiger partial charge in [-0.05, 0) is 81.7 Å². The summed E-state index contributed by atoms with van der Waals surface area (Å²) in [7, 11) is 3.13. The van der Waals surface area contributed by atoms with E-state index in [0.29, 0.717) is 60.2 Å². The van der Waals surface area contributed by atoms with Crippen molar-refractivity contribution in [1.29, 1.82) is 0 Å². The molecule has 5 rings (SSSR count). The molecule has 11 heteroatoms. The number of methoxy groups -OCH3 is 2. The molecule has 0 aliphatic carbocycles. The number of benzene rings is 3. The highest BCUT2D eigenvalue weighted by Gasteiger charge is 2.34. The molecule has 1 aromatic heterocycles. The van der Waals surface area contributed by atoms with Gasteiger partial charge in [0.2, 0.25) is 0 Å². The number of thiazole rings is 1. The lowest BCUT2D eigenvalue weighted by atomic mass is 9.95. The third-order valence-corrected chi connectivity index (χ3v) is 9.10. The largest absolute Gasteiger partial charge is 0.493 e. The smallest absolute Gasteiger partial charge is 0.338 e. The molecule has 0 bridgehead atoms. The number of allylic oxidation sites excluding steroid dienone is 1. The summed E-state index contributed by atoms with van der Waals surface area (Å²) in [4.78, 5) is 32.7. The van der Waals surface area contributed by atoms with E-state index in [2.05, 4.69) is 27.0 Å². The van der Waals surface area contributed by atoms with Gasteiger partial charge in [0.05, 0.1) is 48.8 Å². The van der Waals surface area contributed by atoms with Crippen LogP contribution in [0.15, 0.2) is 80.1 Å². The SMILES string of the molecule is CCOC(=O)C1=C(C)N=c2s/c(=C\c3cc(OC)c(OCc4cccc(C)c4)cc3Br)c(=O)n2[C@@H]1c1ccc(OC(C)C)c(OC)c1. The Hall–Kier alpha value is -4.35. The van der Waals surface area contributed by atoms with Gasteiger partial charge in [0, 0.05) is 4.47 Å². The third kappa shape index (κ3) is 7.31. The summed E-state index contributed by atoms with van der Waals surface area (Å²) >= 11 is 4.89. The van der Waals surface area contributed by atoms with Gasteiger partial charge in [-0.3, -0.25) is 9.36 Å². The number of hydrogen-bond donors (Lipinski definition) is 0. The van der Waals surface area contributed by atoms with Crippen molar-refractivity contribution in [1.82, 2.24) is 4.57 Å². The Morgan fingerprint density at radius 3 is 2.45 bits per heavy atom. The molecular weight excluding hydrogens is 684 g/mol. The molecule has 9 nitrogen and oxygen atoms in total. The molecule has 4 aromatic rings. The summed E-state index contributed by atoms with van der Waals surface area (Å²) in [6.07, 6.45) is 1.71. The molecule has 3 aromatic carbocycles. The van der Waals surface area contributed by atoms with E-state index >= 15 is 0 Å². The Labute approximate surface area is 285 Å². The van der Waals surface area contributed by atoms with Crippen molar-refractivity contribution in [3.8, 4) is 23.0 Å². The first-order valence-corrected chi connectivity index (χ1v) is 16.8. The molecule has 47 heavy (non-hydrogen) atoms. The summed E-state index contributed by atoms with van der Waals surface area (Å²) in [5, 5.41) is 0. The van der Waals surface area contributed by atoms with E-state index in [1.54, 1.807) is 46.3 Å². The third-order valence-electron chi connectivity index (χ3n) is 7.43. The van der Waals surface area contributed by atoms with Crippen LogP contribution in [0.25, 0.3) is 6.08 Å². The monoisotopic (exact) mass is 720 g/mol. The van der Waals surface area contributed by atoms with Gasteiger partial charge >= 0.3 is 5.97 Å². The first-order valence-electron chi connectivity index (χ1n) is 15.1. The minimum atomic E-state index is -0.801. The highest BCUT2D eigenvalue weighted by molar-refractivity contribution is 9.10. The molecule has 2 heterocycles. The molecular formula is C36H37BrN2O7S. The molecule has 0 N–H and O–H groups in total. The van der Waals surface area contributed by atoms with Gasteiger partial charge in [-0.15, -0.1) is 0 Å². The topological polar surface area (TPSA) is 97.6 Å². The average molecular weight is 722 g/mol. The maximum absolute atomic E-state index is 14.2. The predicted molar refractivity (Wildman–Crippen MR) is 185 cm³/mol. The zero-order valence-corrected chi connectivity index (χ0v) is 29.8. The zero-order valence-electron chi connectivity index (χ0n) is 27.4. The molecule has 246 valence electrons. The number of hydrogen-bond acceptors (Lipinski definition) is 9. The van der Waals surface area contributed by atoms with Gasteiger partial charge in [-0.25, -0.2) is 9.79 Å². The molecule has 0 spiro atoms. The van der Waals surface area contributed by atoms with Crippen LogP contribution in [0.1, 0.15) is 56.0 Å². The molecule has 0 radical (unpaired) electrons. The standard InChI is InChI=1S/C36H37BrN2O7S/c1-8-44-35(41)32-22(5)38-36-39(33(32)24-12-13-27(46-20(2)3)28(15-24)42-6)34(40)31(47-36)17-25-16-29(43-7)30(18-26(25)37)45-19-23-11-9-10-21(4)14-23/h9-18,20,33H,8,19H2,1-7H3/b31-17-/t33-/m1/s1. The van der Waals surface area contributed by atoms with Gasteiger partial charge in [0.1, 0.15) is 6.61 Å². The van der Waals surface area contributed by atoms with Crippen LogP contribution in [-0.4, -0.2) is 37.5 Å². The van der Waals surface area contributed by atoms with Crippen LogP contribution >= 0.6 is 27.3 Å².